The normalized spacial score (nSPS) is 11.0. The molecule has 3 N–H and O–H groups in total. The fraction of sp³-hybridized carbons (Fsp3) is 0.167. The lowest BCUT2D eigenvalue weighted by atomic mass is 10.1. The van der Waals surface area contributed by atoms with Crippen molar-refractivity contribution in [3.8, 4) is 11.5 Å². The van der Waals surface area contributed by atoms with E-state index in [4.69, 9.17) is 14.6 Å². The predicted molar refractivity (Wildman–Crippen MR) is 99.0 cm³/mol. The molecule has 0 atom stereocenters. The Kier molecular flexibility index (Phi) is 4.03. The molecule has 0 saturated heterocycles. The van der Waals surface area contributed by atoms with Crippen LogP contribution < -0.4 is 14.8 Å². The van der Waals surface area contributed by atoms with Crippen LogP contribution in [0, 0.1) is 0 Å². The number of ether oxygens (including phenoxy) is 2. The van der Waals surface area contributed by atoms with Gasteiger partial charge in [0.15, 0.2) is 11.5 Å². The number of nitrogens with zero attached hydrogens (tertiary/aromatic N) is 3. The van der Waals surface area contributed by atoms with Crippen molar-refractivity contribution < 1.29 is 19.4 Å². The standard InChI is InChI=1S/C18H17N5O4/c1-26-14-8-12-13(9-15(14)27-2)23-18(20-12)21-17(22-23)19-11-5-3-10(4-6-11)7-16(24)25/h3-6,8-9H,7H2,1-2H3,(H,24,25)(H2,19,20,21,22). The molecule has 0 amide bonds. The number of carboxylic acids is 1. The van der Waals surface area contributed by atoms with E-state index in [0.717, 1.165) is 22.3 Å². The first-order valence-corrected chi connectivity index (χ1v) is 8.15. The summed E-state index contributed by atoms with van der Waals surface area (Å²) >= 11 is 0. The average molecular weight is 367 g/mol. The fourth-order valence-electron chi connectivity index (χ4n) is 2.88. The molecule has 0 saturated carbocycles. The quantitative estimate of drug-likeness (QED) is 0.480. The van der Waals surface area contributed by atoms with Gasteiger partial charge in [-0.05, 0) is 17.7 Å². The van der Waals surface area contributed by atoms with Crippen LogP contribution in [0.4, 0.5) is 11.6 Å². The number of rotatable bonds is 6. The summed E-state index contributed by atoms with van der Waals surface area (Å²) in [6.45, 7) is 0. The summed E-state index contributed by atoms with van der Waals surface area (Å²) in [7, 11) is 3.16. The van der Waals surface area contributed by atoms with Crippen LogP contribution in [-0.2, 0) is 11.2 Å². The first kappa shape index (κ1) is 16.7. The van der Waals surface area contributed by atoms with Gasteiger partial charge >= 0.3 is 5.97 Å². The third kappa shape index (κ3) is 3.10. The van der Waals surface area contributed by atoms with E-state index in [0.29, 0.717) is 23.2 Å². The van der Waals surface area contributed by atoms with E-state index < -0.39 is 5.97 Å². The third-order valence-electron chi connectivity index (χ3n) is 4.14. The molecule has 0 aliphatic carbocycles. The molecule has 138 valence electrons. The lowest BCUT2D eigenvalue weighted by Gasteiger charge is -2.06. The number of imidazole rings is 1. The predicted octanol–water partition coefficient (Wildman–Crippen LogP) is 2.60. The maximum atomic E-state index is 10.8. The second-order valence-electron chi connectivity index (χ2n) is 5.91. The molecule has 0 aliphatic rings. The Balaban J connectivity index is 1.64. The highest BCUT2D eigenvalue weighted by Gasteiger charge is 2.14. The number of hydrogen-bond acceptors (Lipinski definition) is 6. The minimum atomic E-state index is -0.859. The lowest BCUT2D eigenvalue weighted by molar-refractivity contribution is -0.136. The maximum absolute atomic E-state index is 10.8. The summed E-state index contributed by atoms with van der Waals surface area (Å²) in [6.07, 6.45) is -0.00780. The van der Waals surface area contributed by atoms with E-state index in [-0.39, 0.29) is 6.42 Å². The molecule has 2 aromatic carbocycles. The second-order valence-corrected chi connectivity index (χ2v) is 5.91. The van der Waals surface area contributed by atoms with Crippen LogP contribution in [0.2, 0.25) is 0 Å². The summed E-state index contributed by atoms with van der Waals surface area (Å²) in [6, 6.07) is 10.8. The van der Waals surface area contributed by atoms with Gasteiger partial charge in [-0.25, -0.2) is 9.50 Å². The number of carbonyl (C=O) groups is 1. The largest absolute Gasteiger partial charge is 0.493 e. The number of fused-ring (bicyclic) bond motifs is 3. The molecule has 0 aliphatic heterocycles. The van der Waals surface area contributed by atoms with E-state index in [2.05, 4.69) is 20.4 Å². The first-order valence-electron chi connectivity index (χ1n) is 8.15. The third-order valence-corrected chi connectivity index (χ3v) is 4.14. The molecule has 0 fully saturated rings. The van der Waals surface area contributed by atoms with Gasteiger partial charge in [0.2, 0.25) is 5.95 Å². The van der Waals surface area contributed by atoms with E-state index in [1.54, 1.807) is 49.1 Å². The van der Waals surface area contributed by atoms with Crippen LogP contribution in [-0.4, -0.2) is 44.9 Å². The highest BCUT2D eigenvalue weighted by molar-refractivity contribution is 5.83. The number of methoxy groups -OCH3 is 2. The van der Waals surface area contributed by atoms with Crippen molar-refractivity contribution in [3.05, 3.63) is 42.0 Å². The van der Waals surface area contributed by atoms with Gasteiger partial charge in [0.1, 0.15) is 0 Å². The number of nitrogens with one attached hydrogen (secondary N) is 2. The lowest BCUT2D eigenvalue weighted by Crippen LogP contribution is -2.00. The van der Waals surface area contributed by atoms with Gasteiger partial charge in [0, 0.05) is 17.8 Å². The summed E-state index contributed by atoms with van der Waals surface area (Å²) in [5, 5.41) is 15.1. The summed E-state index contributed by atoms with van der Waals surface area (Å²) in [5.74, 6) is 1.36. The van der Waals surface area contributed by atoms with E-state index in [1.165, 1.54) is 0 Å². The molecule has 0 bridgehead atoms. The van der Waals surface area contributed by atoms with E-state index in [1.807, 2.05) is 6.07 Å². The molecule has 4 rings (SSSR count). The molecule has 2 aromatic heterocycles. The topological polar surface area (TPSA) is 114 Å². The van der Waals surface area contributed by atoms with Crippen molar-refractivity contribution in [2.24, 2.45) is 0 Å². The number of anilines is 2. The van der Waals surface area contributed by atoms with Crippen LogP contribution in [0.3, 0.4) is 0 Å². The van der Waals surface area contributed by atoms with Crippen LogP contribution >= 0.6 is 0 Å². The zero-order chi connectivity index (χ0) is 19.0. The summed E-state index contributed by atoms with van der Waals surface area (Å²) in [4.78, 5) is 19.7. The molecule has 2 heterocycles. The minimum absolute atomic E-state index is 0.00780. The number of H-pyrrole nitrogens is 1. The van der Waals surface area contributed by atoms with Crippen molar-refractivity contribution in [1.29, 1.82) is 0 Å². The Hall–Kier alpha value is -3.75. The maximum Gasteiger partial charge on any atom is 0.307 e. The van der Waals surface area contributed by atoms with Crippen LogP contribution in [0.25, 0.3) is 16.8 Å². The van der Waals surface area contributed by atoms with Gasteiger partial charge in [-0.1, -0.05) is 12.1 Å². The monoisotopic (exact) mass is 367 g/mol. The van der Waals surface area contributed by atoms with Gasteiger partial charge in [-0.2, -0.15) is 4.98 Å². The number of benzene rings is 2. The molecule has 9 nitrogen and oxygen atoms in total. The minimum Gasteiger partial charge on any atom is -0.493 e. The molecule has 0 spiro atoms. The van der Waals surface area contributed by atoms with Gasteiger partial charge in [0.25, 0.3) is 5.78 Å². The van der Waals surface area contributed by atoms with E-state index in [9.17, 15) is 4.79 Å². The Bertz CT molecular complexity index is 1130. The van der Waals surface area contributed by atoms with Gasteiger partial charge in [0.05, 0.1) is 31.7 Å². The summed E-state index contributed by atoms with van der Waals surface area (Å²) < 4.78 is 12.4. The number of aromatic nitrogens is 4. The van der Waals surface area contributed by atoms with Crippen molar-refractivity contribution >= 4 is 34.4 Å². The molecular formula is C18H17N5O4. The van der Waals surface area contributed by atoms with E-state index >= 15 is 0 Å². The molecule has 9 heteroatoms. The molecular weight excluding hydrogens is 350 g/mol. The molecule has 0 unspecified atom stereocenters. The highest BCUT2D eigenvalue weighted by Crippen LogP contribution is 2.32. The SMILES string of the molecule is COc1cc2nc3nc(Nc4ccc(CC(=O)O)cc4)[nH]n3c2cc1OC. The Morgan fingerprint density at radius 3 is 2.52 bits per heavy atom. The number of aliphatic carboxylic acids is 1. The van der Waals surface area contributed by atoms with Gasteiger partial charge in [-0.3, -0.25) is 9.89 Å². The Morgan fingerprint density at radius 1 is 1.15 bits per heavy atom. The number of carboxylic acid groups (broad SMARTS) is 1. The fourth-order valence-corrected chi connectivity index (χ4v) is 2.88. The van der Waals surface area contributed by atoms with Crippen LogP contribution in [0.5, 0.6) is 11.5 Å². The van der Waals surface area contributed by atoms with Gasteiger partial charge in [-0.15, -0.1) is 0 Å². The van der Waals surface area contributed by atoms with Gasteiger partial charge < -0.3 is 19.9 Å². The summed E-state index contributed by atoms with van der Waals surface area (Å²) in [5.41, 5.74) is 3.05. The molecule has 27 heavy (non-hydrogen) atoms. The number of aromatic amines is 1. The Labute approximate surface area is 153 Å². The zero-order valence-corrected chi connectivity index (χ0v) is 14.7. The second kappa shape index (κ2) is 6.52. The average Bonchev–Trinajstić information content (AvgIpc) is 3.18. The highest BCUT2D eigenvalue weighted by atomic mass is 16.5. The number of hydrogen-bond donors (Lipinski definition) is 3. The van der Waals surface area contributed by atoms with Crippen molar-refractivity contribution in [1.82, 2.24) is 19.6 Å². The Morgan fingerprint density at radius 2 is 1.85 bits per heavy atom. The van der Waals surface area contributed by atoms with Crippen LogP contribution in [0.1, 0.15) is 5.56 Å². The zero-order valence-electron chi connectivity index (χ0n) is 14.7. The first-order chi connectivity index (χ1) is 13.1. The van der Waals surface area contributed by atoms with Crippen molar-refractivity contribution in [3.63, 3.8) is 0 Å². The van der Waals surface area contributed by atoms with Crippen LogP contribution in [0.15, 0.2) is 36.4 Å². The van der Waals surface area contributed by atoms with Crippen molar-refractivity contribution in [2.75, 3.05) is 19.5 Å². The van der Waals surface area contributed by atoms with Crippen molar-refractivity contribution in [2.45, 2.75) is 6.42 Å². The smallest absolute Gasteiger partial charge is 0.307 e. The molecule has 4 aromatic rings. The molecule has 0 radical (unpaired) electrons.